The van der Waals surface area contributed by atoms with Gasteiger partial charge in [0.2, 0.25) is 0 Å². The number of ether oxygens (including phenoxy) is 1. The van der Waals surface area contributed by atoms with Gasteiger partial charge in [-0.15, -0.1) is 0 Å². The molecule has 6 heteroatoms. The Morgan fingerprint density at radius 3 is 2.60 bits per heavy atom. The van der Waals surface area contributed by atoms with E-state index in [4.69, 9.17) is 4.74 Å². The number of nitrogens with zero attached hydrogens (tertiary/aromatic N) is 2. The first-order chi connectivity index (χ1) is 9.50. The molecule has 1 aromatic carbocycles. The fraction of sp³-hybridized carbons (Fsp3) is 0.357. The van der Waals surface area contributed by atoms with Crippen molar-refractivity contribution in [3.63, 3.8) is 0 Å². The highest BCUT2D eigenvalue weighted by Gasteiger charge is 2.15. The van der Waals surface area contributed by atoms with E-state index in [9.17, 15) is 14.7 Å². The highest BCUT2D eigenvalue weighted by molar-refractivity contribution is 6.01. The molecule has 0 atom stereocenters. The molecule has 0 aliphatic heterocycles. The quantitative estimate of drug-likeness (QED) is 0.895. The van der Waals surface area contributed by atoms with Crippen LogP contribution in [0, 0.1) is 0 Å². The minimum atomic E-state index is -1.15. The molecule has 0 aliphatic carbocycles. The average Bonchev–Trinajstić information content (AvgIpc) is 2.41. The fourth-order valence-corrected chi connectivity index (χ4v) is 1.92. The number of aromatic nitrogens is 2. The first kappa shape index (κ1) is 14.2. The Kier molecular flexibility index (Phi) is 4.14. The van der Waals surface area contributed by atoms with Gasteiger partial charge in [-0.05, 0) is 19.9 Å². The molecule has 0 spiro atoms. The van der Waals surface area contributed by atoms with E-state index in [1.54, 1.807) is 24.3 Å². The van der Waals surface area contributed by atoms with Crippen LogP contribution in [0.5, 0.6) is 0 Å². The largest absolute Gasteiger partial charge is 0.476 e. The van der Waals surface area contributed by atoms with Gasteiger partial charge in [-0.25, -0.2) is 9.48 Å². The van der Waals surface area contributed by atoms with Gasteiger partial charge in [0.05, 0.1) is 24.6 Å². The Bertz CT molecular complexity index is 691. The average molecular weight is 276 g/mol. The summed E-state index contributed by atoms with van der Waals surface area (Å²) in [4.78, 5) is 23.5. The topological polar surface area (TPSA) is 81.4 Å². The summed E-state index contributed by atoms with van der Waals surface area (Å²) in [5.74, 6) is -1.15. The number of fused-ring (bicyclic) bond motifs is 1. The number of carboxylic acids is 1. The zero-order valence-corrected chi connectivity index (χ0v) is 11.4. The molecule has 6 nitrogen and oxygen atoms in total. The summed E-state index contributed by atoms with van der Waals surface area (Å²) in [6.45, 7) is 4.31. The number of carboxylic acid groups (broad SMARTS) is 1. The number of hydrogen-bond acceptors (Lipinski definition) is 4. The van der Waals surface area contributed by atoms with Gasteiger partial charge < -0.3 is 9.84 Å². The SMILES string of the molecule is CC(C)OCCn1nc(C(=O)O)c2ccccc2c1=O. The number of benzene rings is 1. The highest BCUT2D eigenvalue weighted by atomic mass is 16.5. The smallest absolute Gasteiger partial charge is 0.357 e. The van der Waals surface area contributed by atoms with Crippen molar-refractivity contribution in [3.8, 4) is 0 Å². The lowest BCUT2D eigenvalue weighted by Gasteiger charge is -2.10. The van der Waals surface area contributed by atoms with E-state index in [0.29, 0.717) is 17.4 Å². The normalized spacial score (nSPS) is 11.2. The Hall–Kier alpha value is -2.21. The van der Waals surface area contributed by atoms with Gasteiger partial charge >= 0.3 is 5.97 Å². The molecule has 1 N–H and O–H groups in total. The van der Waals surface area contributed by atoms with Crippen molar-refractivity contribution in [2.24, 2.45) is 0 Å². The molecule has 0 amide bonds. The number of hydrogen-bond donors (Lipinski definition) is 1. The van der Waals surface area contributed by atoms with Gasteiger partial charge in [0.15, 0.2) is 5.69 Å². The zero-order valence-electron chi connectivity index (χ0n) is 11.4. The maximum Gasteiger partial charge on any atom is 0.357 e. The standard InChI is InChI=1S/C14H16N2O4/c1-9(2)20-8-7-16-13(17)11-6-4-3-5-10(11)12(15-16)14(18)19/h3-6,9H,7-8H2,1-2H3,(H,18,19). The maximum atomic E-state index is 12.2. The summed E-state index contributed by atoms with van der Waals surface area (Å²) in [7, 11) is 0. The predicted octanol–water partition coefficient (Wildman–Crippen LogP) is 1.52. The molecular formula is C14H16N2O4. The minimum absolute atomic E-state index is 0.0464. The van der Waals surface area contributed by atoms with Crippen LogP contribution in [0.1, 0.15) is 24.3 Å². The molecule has 1 heterocycles. The summed E-state index contributed by atoms with van der Waals surface area (Å²) >= 11 is 0. The second-order valence-corrected chi connectivity index (χ2v) is 4.65. The first-order valence-electron chi connectivity index (χ1n) is 6.35. The molecule has 0 saturated heterocycles. The van der Waals surface area contributed by atoms with Crippen molar-refractivity contribution in [2.45, 2.75) is 26.5 Å². The zero-order chi connectivity index (χ0) is 14.7. The molecule has 20 heavy (non-hydrogen) atoms. The molecule has 0 aliphatic rings. The molecule has 106 valence electrons. The van der Waals surface area contributed by atoms with Crippen LogP contribution in [0.4, 0.5) is 0 Å². The van der Waals surface area contributed by atoms with E-state index < -0.39 is 5.97 Å². The third-order valence-corrected chi connectivity index (χ3v) is 2.82. The van der Waals surface area contributed by atoms with Crippen molar-refractivity contribution < 1.29 is 14.6 Å². The van der Waals surface area contributed by atoms with E-state index >= 15 is 0 Å². The molecule has 0 saturated carbocycles. The number of rotatable bonds is 5. The van der Waals surface area contributed by atoms with E-state index in [0.717, 1.165) is 4.68 Å². The molecule has 2 rings (SSSR count). The van der Waals surface area contributed by atoms with Crippen LogP contribution in [-0.4, -0.2) is 33.6 Å². The third kappa shape index (κ3) is 2.85. The van der Waals surface area contributed by atoms with E-state index in [1.165, 1.54) is 0 Å². The third-order valence-electron chi connectivity index (χ3n) is 2.82. The number of carbonyl (C=O) groups is 1. The molecule has 1 aromatic heterocycles. The van der Waals surface area contributed by atoms with Gasteiger partial charge in [0.1, 0.15) is 0 Å². The number of aromatic carboxylic acids is 1. The van der Waals surface area contributed by atoms with Crippen LogP contribution in [0.25, 0.3) is 10.8 Å². The summed E-state index contributed by atoms with van der Waals surface area (Å²) < 4.78 is 6.51. The van der Waals surface area contributed by atoms with Crippen LogP contribution in [0.2, 0.25) is 0 Å². The Labute approximate surface area is 115 Å². The van der Waals surface area contributed by atoms with E-state index in [2.05, 4.69) is 5.10 Å². The maximum absolute atomic E-state index is 12.2. The minimum Gasteiger partial charge on any atom is -0.476 e. The highest BCUT2D eigenvalue weighted by Crippen LogP contribution is 2.12. The molecule has 2 aromatic rings. The van der Waals surface area contributed by atoms with E-state index in [-0.39, 0.29) is 23.9 Å². The Morgan fingerprint density at radius 1 is 1.35 bits per heavy atom. The summed E-state index contributed by atoms with van der Waals surface area (Å²) in [6.07, 6.45) is 0.0464. The van der Waals surface area contributed by atoms with Gasteiger partial charge in [0, 0.05) is 5.39 Å². The lowest BCUT2D eigenvalue weighted by atomic mass is 10.1. The van der Waals surface area contributed by atoms with Gasteiger partial charge in [-0.2, -0.15) is 5.10 Å². The van der Waals surface area contributed by atoms with Crippen LogP contribution in [0.15, 0.2) is 29.1 Å². The van der Waals surface area contributed by atoms with Crippen LogP contribution in [-0.2, 0) is 11.3 Å². The van der Waals surface area contributed by atoms with Gasteiger partial charge in [0.25, 0.3) is 5.56 Å². The van der Waals surface area contributed by atoms with Crippen molar-refractivity contribution in [1.29, 1.82) is 0 Å². The van der Waals surface area contributed by atoms with E-state index in [1.807, 2.05) is 13.8 Å². The lowest BCUT2D eigenvalue weighted by molar-refractivity contribution is 0.0662. The van der Waals surface area contributed by atoms with Crippen molar-refractivity contribution in [1.82, 2.24) is 9.78 Å². The molecule has 0 bridgehead atoms. The predicted molar refractivity (Wildman–Crippen MR) is 74.1 cm³/mol. The molecular weight excluding hydrogens is 260 g/mol. The van der Waals surface area contributed by atoms with Crippen LogP contribution < -0.4 is 5.56 Å². The summed E-state index contributed by atoms with van der Waals surface area (Å²) in [5.41, 5.74) is -0.428. The monoisotopic (exact) mass is 276 g/mol. The lowest BCUT2D eigenvalue weighted by Crippen LogP contribution is -2.28. The second kappa shape index (κ2) is 5.83. The van der Waals surface area contributed by atoms with Gasteiger partial charge in [-0.3, -0.25) is 4.79 Å². The molecule has 0 unspecified atom stereocenters. The van der Waals surface area contributed by atoms with Crippen molar-refractivity contribution in [3.05, 3.63) is 40.3 Å². The van der Waals surface area contributed by atoms with Gasteiger partial charge in [-0.1, -0.05) is 18.2 Å². The fourth-order valence-electron chi connectivity index (χ4n) is 1.92. The summed E-state index contributed by atoms with van der Waals surface area (Å²) in [5, 5.41) is 13.8. The molecule has 0 fully saturated rings. The second-order valence-electron chi connectivity index (χ2n) is 4.65. The summed E-state index contributed by atoms with van der Waals surface area (Å²) in [6, 6.07) is 6.57. The van der Waals surface area contributed by atoms with Crippen LogP contribution >= 0.6 is 0 Å². The van der Waals surface area contributed by atoms with Crippen LogP contribution in [0.3, 0.4) is 0 Å². The molecule has 0 radical (unpaired) electrons. The van der Waals surface area contributed by atoms with Crippen molar-refractivity contribution in [2.75, 3.05) is 6.61 Å². The first-order valence-corrected chi connectivity index (χ1v) is 6.35. The Balaban J connectivity index is 2.48. The van der Waals surface area contributed by atoms with Crippen molar-refractivity contribution >= 4 is 16.7 Å². The Morgan fingerprint density at radius 2 is 2.00 bits per heavy atom.